The van der Waals surface area contributed by atoms with E-state index in [1.165, 1.54) is 0 Å². The number of alkyl halides is 2. The van der Waals surface area contributed by atoms with E-state index in [0.29, 0.717) is 48.8 Å². The maximum Gasteiger partial charge on any atom is 0.259 e. The van der Waals surface area contributed by atoms with Crippen LogP contribution in [0.1, 0.15) is 35.2 Å². The second-order valence-electron chi connectivity index (χ2n) is 10.2. The highest BCUT2D eigenvalue weighted by molar-refractivity contribution is 7.87. The van der Waals surface area contributed by atoms with Gasteiger partial charge in [-0.2, -0.15) is 9.46 Å². The molecule has 9 nitrogen and oxygen atoms in total. The van der Waals surface area contributed by atoms with E-state index in [4.69, 9.17) is 4.74 Å². The van der Waals surface area contributed by atoms with Crippen LogP contribution in [0.2, 0.25) is 0 Å². The van der Waals surface area contributed by atoms with Gasteiger partial charge in [0.1, 0.15) is 5.82 Å². The predicted octanol–water partition coefficient (Wildman–Crippen LogP) is 4.63. The normalized spacial score (nSPS) is 18.2. The molecule has 3 aromatic rings. The maximum atomic E-state index is 14.1. The summed E-state index contributed by atoms with van der Waals surface area (Å²) in [5.74, 6) is -3.10. The Bertz CT molecular complexity index is 1470. The summed E-state index contributed by atoms with van der Waals surface area (Å²) in [6.07, 6.45) is 6.89. The molecule has 0 radical (unpaired) electrons. The average Bonchev–Trinajstić information content (AvgIpc) is 3.21. The summed E-state index contributed by atoms with van der Waals surface area (Å²) in [5, 5.41) is 7.21. The Morgan fingerprint density at radius 2 is 2.00 bits per heavy atom. The molecule has 2 saturated heterocycles. The van der Waals surface area contributed by atoms with E-state index in [2.05, 4.69) is 19.8 Å². The molecule has 1 N–H and O–H groups in total. The van der Waals surface area contributed by atoms with E-state index in [-0.39, 0.29) is 31.2 Å². The van der Waals surface area contributed by atoms with E-state index >= 15 is 0 Å². The lowest BCUT2D eigenvalue weighted by atomic mass is 9.99. The number of nitrogens with zero attached hydrogens (tertiary/aromatic N) is 5. The van der Waals surface area contributed by atoms with Gasteiger partial charge in [-0.3, -0.25) is 14.3 Å². The highest BCUT2D eigenvalue weighted by Gasteiger charge is 2.34. The van der Waals surface area contributed by atoms with Crippen molar-refractivity contribution >= 4 is 34.0 Å². The third-order valence-electron chi connectivity index (χ3n) is 7.23. The van der Waals surface area contributed by atoms with Crippen LogP contribution >= 0.6 is 0 Å². The average molecular weight is 571 g/mol. The third kappa shape index (κ3) is 6.12. The van der Waals surface area contributed by atoms with Crippen molar-refractivity contribution in [1.82, 2.24) is 14.8 Å². The molecule has 4 heterocycles. The van der Waals surface area contributed by atoms with E-state index in [1.54, 1.807) is 47.2 Å². The van der Waals surface area contributed by atoms with Crippen molar-refractivity contribution in [2.45, 2.75) is 37.0 Å². The number of hydrogen-bond donors (Lipinski definition) is 1. The summed E-state index contributed by atoms with van der Waals surface area (Å²) in [4.78, 5) is 33.4. The monoisotopic (exact) mass is 570 g/mol. The Hall–Kier alpha value is -3.51. The number of carbonyl (C=O) groups excluding carboxylic acids is 2. The van der Waals surface area contributed by atoms with Gasteiger partial charge in [-0.15, -0.1) is 0 Å². The Labute approximate surface area is 234 Å². The maximum absolute atomic E-state index is 14.1. The van der Waals surface area contributed by atoms with Crippen LogP contribution in [0, 0.1) is 12.8 Å². The van der Waals surface area contributed by atoms with Gasteiger partial charge in [-0.1, -0.05) is 16.8 Å². The number of halogens is 2. The number of hydrogen-bond acceptors (Lipinski definition) is 6. The quantitative estimate of drug-likeness (QED) is 0.464. The minimum absolute atomic E-state index is 0.0989. The van der Waals surface area contributed by atoms with Gasteiger partial charge in [0, 0.05) is 67.1 Å². The van der Waals surface area contributed by atoms with E-state index in [9.17, 15) is 18.4 Å². The molecular formula is C28H32F2N6O3S. The molecule has 0 unspecified atom stereocenters. The van der Waals surface area contributed by atoms with Crippen LogP contribution in [0.5, 0.6) is 0 Å². The minimum atomic E-state index is -2.74. The molecule has 2 amide bonds. The summed E-state index contributed by atoms with van der Waals surface area (Å²) >= 11 is 0. The molecule has 5 rings (SSSR count). The van der Waals surface area contributed by atoms with Crippen molar-refractivity contribution in [3.63, 3.8) is 0 Å². The van der Waals surface area contributed by atoms with Crippen LogP contribution in [0.15, 0.2) is 52.1 Å². The van der Waals surface area contributed by atoms with Crippen molar-refractivity contribution in [3.05, 3.63) is 54.0 Å². The van der Waals surface area contributed by atoms with Crippen LogP contribution in [0.3, 0.4) is 0 Å². The van der Waals surface area contributed by atoms with Gasteiger partial charge in [0.05, 0.1) is 30.9 Å². The Morgan fingerprint density at radius 3 is 2.70 bits per heavy atom. The number of nitrogens with one attached hydrogen (secondary N) is 1. The summed E-state index contributed by atoms with van der Waals surface area (Å²) < 4.78 is 39.4. The van der Waals surface area contributed by atoms with Crippen LogP contribution < -0.4 is 10.2 Å². The summed E-state index contributed by atoms with van der Waals surface area (Å²) in [7, 11) is 1.10. The molecule has 0 saturated carbocycles. The SMILES string of the molecule is Cc1c(-c2cnn(C)c2)cnc(N2CCCC(F)(F)CC2)c1C(=O)Nc1cccc([S@](C)=NC(=O)C2COC2)c1. The number of carbonyl (C=O) groups is 2. The van der Waals surface area contributed by atoms with Crippen LogP contribution in [0.4, 0.5) is 20.3 Å². The molecule has 212 valence electrons. The molecule has 2 aromatic heterocycles. The van der Waals surface area contributed by atoms with Crippen LogP contribution in [-0.4, -0.2) is 65.1 Å². The van der Waals surface area contributed by atoms with Gasteiger partial charge < -0.3 is 15.0 Å². The molecule has 0 bridgehead atoms. The lowest BCUT2D eigenvalue weighted by Gasteiger charge is -2.26. The molecule has 2 aliphatic rings. The second kappa shape index (κ2) is 11.5. The van der Waals surface area contributed by atoms with Crippen LogP contribution in [-0.2, 0) is 27.3 Å². The van der Waals surface area contributed by atoms with Crippen molar-refractivity contribution in [3.8, 4) is 11.1 Å². The molecule has 1 aromatic carbocycles. The van der Waals surface area contributed by atoms with Crippen molar-refractivity contribution in [2.24, 2.45) is 17.3 Å². The van der Waals surface area contributed by atoms with Crippen LogP contribution in [0.25, 0.3) is 11.1 Å². The van der Waals surface area contributed by atoms with Gasteiger partial charge in [-0.05, 0) is 43.4 Å². The second-order valence-corrected chi connectivity index (χ2v) is 11.8. The number of amides is 2. The fourth-order valence-corrected chi connectivity index (χ4v) is 5.92. The molecule has 2 aliphatic heterocycles. The molecular weight excluding hydrogens is 538 g/mol. The number of benzene rings is 1. The predicted molar refractivity (Wildman–Crippen MR) is 150 cm³/mol. The highest BCUT2D eigenvalue weighted by atomic mass is 32.2. The zero-order chi connectivity index (χ0) is 28.4. The Balaban J connectivity index is 1.47. The number of aromatic nitrogens is 3. The van der Waals surface area contributed by atoms with Gasteiger partial charge in [0.15, 0.2) is 0 Å². The molecule has 12 heteroatoms. The number of anilines is 2. The van der Waals surface area contributed by atoms with Gasteiger partial charge in [0.2, 0.25) is 5.92 Å². The largest absolute Gasteiger partial charge is 0.380 e. The van der Waals surface area contributed by atoms with E-state index < -0.39 is 22.5 Å². The summed E-state index contributed by atoms with van der Waals surface area (Å²) in [5.41, 5.74) is 3.09. The van der Waals surface area contributed by atoms with Crippen molar-refractivity contribution in [2.75, 3.05) is 42.8 Å². The number of rotatable bonds is 6. The standard InChI is InChI=1S/C28H32F2N6O3S/c1-18-23(19-13-32-35(2)15-19)14-31-25(36-10-5-8-28(29,30)9-11-36)24(18)27(38)33-21-6-4-7-22(12-21)40(3)34-26(37)20-16-39-17-20/h4,6-7,12-15,20H,5,8-11,16-17H2,1-3H3,(H,33,38)/t40-/m0/s1. The molecule has 2 fully saturated rings. The fourth-order valence-electron chi connectivity index (χ4n) is 4.82. The van der Waals surface area contributed by atoms with Gasteiger partial charge in [-0.25, -0.2) is 13.8 Å². The summed E-state index contributed by atoms with van der Waals surface area (Å²) in [6.45, 7) is 3.12. The zero-order valence-corrected chi connectivity index (χ0v) is 23.5. The number of aryl methyl sites for hydroxylation is 1. The fraction of sp³-hybridized carbons (Fsp3) is 0.429. The van der Waals surface area contributed by atoms with Crippen molar-refractivity contribution < 1.29 is 23.1 Å². The molecule has 1 atom stereocenters. The zero-order valence-electron chi connectivity index (χ0n) is 22.7. The summed E-state index contributed by atoms with van der Waals surface area (Å²) in [6, 6.07) is 7.23. The van der Waals surface area contributed by atoms with E-state index in [1.807, 2.05) is 25.4 Å². The number of pyridine rings is 1. The van der Waals surface area contributed by atoms with Gasteiger partial charge in [0.25, 0.3) is 11.8 Å². The smallest absolute Gasteiger partial charge is 0.259 e. The van der Waals surface area contributed by atoms with Gasteiger partial charge >= 0.3 is 0 Å². The Kier molecular flexibility index (Phi) is 8.09. The molecule has 0 spiro atoms. The Morgan fingerprint density at radius 1 is 1.20 bits per heavy atom. The minimum Gasteiger partial charge on any atom is -0.380 e. The first kappa shape index (κ1) is 28.0. The van der Waals surface area contributed by atoms with Crippen molar-refractivity contribution in [1.29, 1.82) is 0 Å². The third-order valence-corrected chi connectivity index (χ3v) is 8.62. The molecule has 40 heavy (non-hydrogen) atoms. The first-order valence-corrected chi connectivity index (χ1v) is 14.7. The lowest BCUT2D eigenvalue weighted by molar-refractivity contribution is -0.134. The lowest BCUT2D eigenvalue weighted by Crippen LogP contribution is -2.33. The van der Waals surface area contributed by atoms with E-state index in [0.717, 1.165) is 16.0 Å². The first-order valence-electron chi connectivity index (χ1n) is 13.1. The topological polar surface area (TPSA) is 102 Å². The number of ether oxygens (including phenoxy) is 1. The molecule has 0 aliphatic carbocycles. The highest BCUT2D eigenvalue weighted by Crippen LogP contribution is 2.34. The first-order chi connectivity index (χ1) is 19.1.